The Balaban J connectivity index is 2.23. The highest BCUT2D eigenvalue weighted by atomic mass is 35.5. The zero-order valence-electron chi connectivity index (χ0n) is 16.8. The van der Waals surface area contributed by atoms with E-state index in [1.165, 1.54) is 76.2 Å². The van der Waals surface area contributed by atoms with Gasteiger partial charge in [-0.1, -0.05) is 101 Å². The van der Waals surface area contributed by atoms with Crippen LogP contribution in [0.5, 0.6) is 0 Å². The molecule has 0 aliphatic carbocycles. The van der Waals surface area contributed by atoms with Gasteiger partial charge in [-0.2, -0.15) is 0 Å². The van der Waals surface area contributed by atoms with E-state index < -0.39 is 0 Å². The summed E-state index contributed by atoms with van der Waals surface area (Å²) in [6.07, 6.45) is 16.3. The molecule has 0 fully saturated rings. The van der Waals surface area contributed by atoms with Crippen LogP contribution in [0.3, 0.4) is 0 Å². The Morgan fingerprint density at radius 1 is 0.840 bits per heavy atom. The van der Waals surface area contributed by atoms with E-state index in [9.17, 15) is 0 Å². The van der Waals surface area contributed by atoms with E-state index in [2.05, 4.69) is 55.9 Å². The van der Waals surface area contributed by atoms with Crippen LogP contribution in [0.25, 0.3) is 0 Å². The summed E-state index contributed by atoms with van der Waals surface area (Å²) in [4.78, 5) is 3.02. The lowest BCUT2D eigenvalue weighted by molar-refractivity contribution is 0.269. The van der Waals surface area contributed by atoms with Gasteiger partial charge in [0, 0.05) is 5.54 Å². The van der Waals surface area contributed by atoms with Gasteiger partial charge in [0.05, 0.1) is 0 Å². The summed E-state index contributed by atoms with van der Waals surface area (Å²) in [5.41, 5.74) is 1.39. The third-order valence-electron chi connectivity index (χ3n) is 5.50. The normalized spacial score (nSPS) is 13.1. The van der Waals surface area contributed by atoms with Gasteiger partial charge in [0.1, 0.15) is 0 Å². The van der Waals surface area contributed by atoms with E-state index in [0.717, 1.165) is 6.42 Å². The van der Waals surface area contributed by atoms with E-state index in [1.54, 1.807) is 0 Å². The van der Waals surface area contributed by atoms with Gasteiger partial charge in [0.15, 0.2) is 0 Å². The molecule has 1 aromatic carbocycles. The number of nitrogens with one attached hydrogen (secondary N) is 1. The minimum atomic E-state index is -0.0311. The van der Waals surface area contributed by atoms with Crippen LogP contribution in [-0.2, 0) is 6.42 Å². The molecule has 0 bridgehead atoms. The van der Waals surface area contributed by atoms with Gasteiger partial charge in [-0.3, -0.25) is 0 Å². The molecule has 0 amide bonds. The minimum Gasteiger partial charge on any atom is -0.228 e. The Hall–Kier alpha value is -0.530. The molecule has 0 aromatic heterocycles. The number of hydrogen-bond acceptors (Lipinski definition) is 1. The van der Waals surface area contributed by atoms with E-state index in [0.29, 0.717) is 5.92 Å². The average Bonchev–Trinajstić information content (AvgIpc) is 2.63. The first kappa shape index (κ1) is 22.5. The van der Waals surface area contributed by atoms with Crippen molar-refractivity contribution in [2.45, 2.75) is 103 Å². The second kappa shape index (κ2) is 13.6. The molecule has 0 heterocycles. The van der Waals surface area contributed by atoms with Crippen molar-refractivity contribution in [1.29, 1.82) is 0 Å². The first-order valence-corrected chi connectivity index (χ1v) is 10.9. The lowest BCUT2D eigenvalue weighted by atomic mass is 9.80. The molecule has 1 nitrogen and oxygen atoms in total. The van der Waals surface area contributed by atoms with Crippen molar-refractivity contribution in [1.82, 2.24) is 4.84 Å². The van der Waals surface area contributed by atoms with Gasteiger partial charge in [0.2, 0.25) is 0 Å². The molecule has 0 spiro atoms. The van der Waals surface area contributed by atoms with Crippen LogP contribution in [0.4, 0.5) is 0 Å². The smallest absolute Gasteiger partial charge is 0.0306 e. The van der Waals surface area contributed by atoms with Crippen LogP contribution in [0.15, 0.2) is 30.3 Å². The topological polar surface area (TPSA) is 12.0 Å². The maximum absolute atomic E-state index is 6.04. The second-order valence-electron chi connectivity index (χ2n) is 8.17. The molecule has 0 saturated carbocycles. The second-order valence-corrected chi connectivity index (χ2v) is 8.36. The molecule has 0 saturated heterocycles. The molecule has 1 N–H and O–H groups in total. The molecular formula is C23H40ClN. The number of unbranched alkanes of at least 4 members (excludes halogenated alkanes) is 9. The molecule has 1 rings (SSSR count). The third-order valence-corrected chi connectivity index (χ3v) is 5.98. The summed E-state index contributed by atoms with van der Waals surface area (Å²) in [7, 11) is 0. The quantitative estimate of drug-likeness (QED) is 0.248. The van der Waals surface area contributed by atoms with Crippen molar-refractivity contribution < 1.29 is 0 Å². The third kappa shape index (κ3) is 10.3. The van der Waals surface area contributed by atoms with Gasteiger partial charge in [-0.15, -0.1) is 0 Å². The van der Waals surface area contributed by atoms with Crippen LogP contribution in [0, 0.1) is 5.92 Å². The van der Waals surface area contributed by atoms with Crippen molar-refractivity contribution in [3.05, 3.63) is 35.9 Å². The maximum atomic E-state index is 6.04. The maximum Gasteiger partial charge on any atom is 0.0306 e. The predicted molar refractivity (Wildman–Crippen MR) is 113 cm³/mol. The van der Waals surface area contributed by atoms with Crippen LogP contribution < -0.4 is 4.84 Å². The fraction of sp³-hybridized carbons (Fsp3) is 0.739. The van der Waals surface area contributed by atoms with Crippen molar-refractivity contribution in [2.24, 2.45) is 5.92 Å². The van der Waals surface area contributed by atoms with E-state index >= 15 is 0 Å². The van der Waals surface area contributed by atoms with Gasteiger partial charge >= 0.3 is 0 Å². The van der Waals surface area contributed by atoms with E-state index in [1.807, 2.05) is 0 Å². The molecule has 2 heteroatoms. The largest absolute Gasteiger partial charge is 0.228 e. The van der Waals surface area contributed by atoms with E-state index in [-0.39, 0.29) is 5.54 Å². The summed E-state index contributed by atoms with van der Waals surface area (Å²) >= 11 is 6.04. The fourth-order valence-electron chi connectivity index (χ4n) is 3.57. The Morgan fingerprint density at radius 2 is 1.36 bits per heavy atom. The average molecular weight is 366 g/mol. The summed E-state index contributed by atoms with van der Waals surface area (Å²) < 4.78 is 0. The van der Waals surface area contributed by atoms with Crippen molar-refractivity contribution >= 4 is 11.8 Å². The highest BCUT2D eigenvalue weighted by molar-refractivity contribution is 6.13. The fourth-order valence-corrected chi connectivity index (χ4v) is 3.73. The Bertz CT molecular complexity index is 415. The number of halogens is 1. The first-order valence-electron chi connectivity index (χ1n) is 10.5. The number of benzene rings is 1. The minimum absolute atomic E-state index is 0.0311. The summed E-state index contributed by atoms with van der Waals surface area (Å²) in [5, 5.41) is 0. The van der Waals surface area contributed by atoms with Crippen molar-refractivity contribution in [3.63, 3.8) is 0 Å². The van der Waals surface area contributed by atoms with Gasteiger partial charge < -0.3 is 0 Å². The predicted octanol–water partition coefficient (Wildman–Crippen LogP) is 7.68. The van der Waals surface area contributed by atoms with Crippen molar-refractivity contribution in [3.8, 4) is 0 Å². The summed E-state index contributed by atoms with van der Waals surface area (Å²) in [6.45, 7) is 6.74. The molecule has 1 unspecified atom stereocenters. The van der Waals surface area contributed by atoms with Crippen LogP contribution in [0.1, 0.15) is 97.0 Å². The Labute approximate surface area is 162 Å². The number of rotatable bonds is 15. The summed E-state index contributed by atoms with van der Waals surface area (Å²) in [6, 6.07) is 10.8. The first-order chi connectivity index (χ1) is 12.1. The van der Waals surface area contributed by atoms with Gasteiger partial charge in [0.25, 0.3) is 0 Å². The molecular weight excluding hydrogens is 326 g/mol. The van der Waals surface area contributed by atoms with Crippen LogP contribution in [0.2, 0.25) is 0 Å². The molecule has 0 aliphatic heterocycles. The molecule has 1 aromatic rings. The van der Waals surface area contributed by atoms with Gasteiger partial charge in [-0.25, -0.2) is 4.84 Å². The molecule has 144 valence electrons. The number of hydrogen-bond donors (Lipinski definition) is 1. The van der Waals surface area contributed by atoms with Gasteiger partial charge in [-0.05, 0) is 49.9 Å². The lowest BCUT2D eigenvalue weighted by Gasteiger charge is -2.33. The molecule has 0 radical (unpaired) electrons. The van der Waals surface area contributed by atoms with E-state index in [4.69, 9.17) is 11.8 Å². The molecule has 1 atom stereocenters. The standard InChI is InChI=1S/C23H40ClN/c1-4-5-6-7-8-9-10-11-12-16-19-22(23(2,3)25-24)20-21-17-14-13-15-18-21/h13-15,17-18,22,25H,4-12,16,19-20H2,1-3H3. The SMILES string of the molecule is CCCCCCCCCCCCC(Cc1ccccc1)C(C)(C)NCl. The zero-order valence-corrected chi connectivity index (χ0v) is 17.6. The van der Waals surface area contributed by atoms with Crippen LogP contribution >= 0.6 is 11.8 Å². The highest BCUT2D eigenvalue weighted by Crippen LogP contribution is 2.27. The Kier molecular flexibility index (Phi) is 12.3. The molecule has 25 heavy (non-hydrogen) atoms. The van der Waals surface area contributed by atoms with Crippen molar-refractivity contribution in [2.75, 3.05) is 0 Å². The zero-order chi connectivity index (χ0) is 18.4. The monoisotopic (exact) mass is 365 g/mol. The van der Waals surface area contributed by atoms with Crippen LogP contribution in [-0.4, -0.2) is 5.54 Å². The summed E-state index contributed by atoms with van der Waals surface area (Å²) in [5.74, 6) is 0.571. The molecule has 0 aliphatic rings. The highest BCUT2D eigenvalue weighted by Gasteiger charge is 2.28. The Morgan fingerprint density at radius 3 is 1.88 bits per heavy atom. The lowest BCUT2D eigenvalue weighted by Crippen LogP contribution is -2.42.